The van der Waals surface area contributed by atoms with Crippen LogP contribution in [0.3, 0.4) is 0 Å². The molecular weight excluding hydrogens is 260 g/mol. The van der Waals surface area contributed by atoms with Crippen molar-refractivity contribution in [1.29, 1.82) is 0 Å². The van der Waals surface area contributed by atoms with Gasteiger partial charge in [0.15, 0.2) is 5.78 Å². The average Bonchev–Trinajstić information content (AvgIpc) is 2.78. The van der Waals surface area contributed by atoms with Crippen LogP contribution in [-0.4, -0.2) is 15.3 Å². The third kappa shape index (κ3) is 4.28. The van der Waals surface area contributed by atoms with E-state index in [4.69, 9.17) is 0 Å². The fourth-order valence-corrected chi connectivity index (χ4v) is 2.27. The number of aromatic nitrogens is 2. The summed E-state index contributed by atoms with van der Waals surface area (Å²) in [6.45, 7) is 9.12. The number of rotatable bonds is 5. The van der Waals surface area contributed by atoms with E-state index >= 15 is 0 Å². The zero-order valence-electron chi connectivity index (χ0n) is 13.4. The highest BCUT2D eigenvalue weighted by Crippen LogP contribution is 2.22. The lowest BCUT2D eigenvalue weighted by atomic mass is 9.89. The monoisotopic (exact) mass is 284 g/mol. The zero-order valence-corrected chi connectivity index (χ0v) is 13.4. The van der Waals surface area contributed by atoms with Gasteiger partial charge in [0.1, 0.15) is 11.5 Å². The van der Waals surface area contributed by atoms with Gasteiger partial charge < -0.3 is 4.57 Å². The summed E-state index contributed by atoms with van der Waals surface area (Å²) in [4.78, 5) is 16.8. The number of hydrogen-bond donors (Lipinski definition) is 0. The lowest BCUT2D eigenvalue weighted by molar-refractivity contribution is 0.0957. The van der Waals surface area contributed by atoms with E-state index in [0.29, 0.717) is 13.0 Å². The van der Waals surface area contributed by atoms with Crippen molar-refractivity contribution in [2.24, 2.45) is 5.41 Å². The number of aryl methyl sites for hydroxylation is 1. The van der Waals surface area contributed by atoms with Crippen LogP contribution in [0.1, 0.15) is 55.5 Å². The Hall–Kier alpha value is -1.90. The molecule has 0 aliphatic rings. The molecule has 0 amide bonds. The third-order valence-corrected chi connectivity index (χ3v) is 3.63. The van der Waals surface area contributed by atoms with Gasteiger partial charge in [0, 0.05) is 13.0 Å². The molecule has 0 unspecified atom stereocenters. The summed E-state index contributed by atoms with van der Waals surface area (Å²) in [5.74, 6) is 1.07. The van der Waals surface area contributed by atoms with Crippen molar-refractivity contribution in [3.8, 4) is 0 Å². The van der Waals surface area contributed by atoms with Gasteiger partial charge in [-0.1, -0.05) is 51.1 Å². The molecule has 1 heterocycles. The standard InChI is InChI=1S/C18H24N2O/c1-14-19-12-16(17(21)10-11-18(2,3)4)20(14)13-15-8-6-5-7-9-15/h5-9,12H,10-11,13H2,1-4H3. The van der Waals surface area contributed by atoms with Crippen LogP contribution < -0.4 is 0 Å². The molecule has 1 aromatic carbocycles. The Kier molecular flexibility index (Phi) is 4.61. The van der Waals surface area contributed by atoms with E-state index in [2.05, 4.69) is 37.9 Å². The van der Waals surface area contributed by atoms with Gasteiger partial charge in [-0.05, 0) is 24.3 Å². The lowest BCUT2D eigenvalue weighted by Gasteiger charge is -2.17. The second-order valence-corrected chi connectivity index (χ2v) is 6.75. The Morgan fingerprint density at radius 1 is 1.19 bits per heavy atom. The molecule has 0 radical (unpaired) electrons. The van der Waals surface area contributed by atoms with Crippen LogP contribution in [0.5, 0.6) is 0 Å². The van der Waals surface area contributed by atoms with Crippen LogP contribution in [-0.2, 0) is 6.54 Å². The molecule has 0 aliphatic carbocycles. The highest BCUT2D eigenvalue weighted by atomic mass is 16.1. The Bertz CT molecular complexity index is 606. The van der Waals surface area contributed by atoms with Crippen LogP contribution in [0.25, 0.3) is 0 Å². The van der Waals surface area contributed by atoms with Crippen LogP contribution >= 0.6 is 0 Å². The molecule has 0 atom stereocenters. The molecular formula is C18H24N2O. The normalized spacial score (nSPS) is 11.6. The molecule has 0 bridgehead atoms. The minimum absolute atomic E-state index is 0.176. The molecule has 0 aliphatic heterocycles. The first-order valence-electron chi connectivity index (χ1n) is 7.46. The number of Topliss-reactive ketones (excluding diaryl/α,β-unsaturated/α-hetero) is 1. The lowest BCUT2D eigenvalue weighted by Crippen LogP contribution is -2.14. The summed E-state index contributed by atoms with van der Waals surface area (Å²) in [7, 11) is 0. The number of ketones is 1. The van der Waals surface area contributed by atoms with Gasteiger partial charge in [-0.15, -0.1) is 0 Å². The molecule has 0 saturated heterocycles. The molecule has 21 heavy (non-hydrogen) atoms. The number of carbonyl (C=O) groups is 1. The third-order valence-electron chi connectivity index (χ3n) is 3.63. The average molecular weight is 284 g/mol. The topological polar surface area (TPSA) is 34.9 Å². The van der Waals surface area contributed by atoms with Crippen LogP contribution in [0.15, 0.2) is 36.5 Å². The molecule has 2 aromatic rings. The first kappa shape index (κ1) is 15.5. The number of benzene rings is 1. The number of carbonyl (C=O) groups excluding carboxylic acids is 1. The quantitative estimate of drug-likeness (QED) is 0.769. The Balaban J connectivity index is 2.16. The van der Waals surface area contributed by atoms with Crippen molar-refractivity contribution in [3.05, 3.63) is 53.6 Å². The molecule has 0 N–H and O–H groups in total. The Labute approximate surface area is 127 Å². The van der Waals surface area contributed by atoms with Crippen LogP contribution in [0.4, 0.5) is 0 Å². The number of nitrogens with zero attached hydrogens (tertiary/aromatic N) is 2. The van der Waals surface area contributed by atoms with E-state index in [1.54, 1.807) is 6.20 Å². The van der Waals surface area contributed by atoms with Crippen LogP contribution in [0, 0.1) is 12.3 Å². The van der Waals surface area contributed by atoms with Gasteiger partial charge in [-0.25, -0.2) is 4.98 Å². The minimum atomic E-state index is 0.176. The molecule has 0 spiro atoms. The van der Waals surface area contributed by atoms with Crippen molar-refractivity contribution >= 4 is 5.78 Å². The van der Waals surface area contributed by atoms with Crippen molar-refractivity contribution < 1.29 is 4.79 Å². The maximum absolute atomic E-state index is 12.5. The first-order valence-corrected chi connectivity index (χ1v) is 7.46. The SMILES string of the molecule is Cc1ncc(C(=O)CCC(C)(C)C)n1Cc1ccccc1. The summed E-state index contributed by atoms with van der Waals surface area (Å²) in [6.07, 6.45) is 3.17. The summed E-state index contributed by atoms with van der Waals surface area (Å²) in [5.41, 5.74) is 2.08. The smallest absolute Gasteiger partial charge is 0.180 e. The maximum atomic E-state index is 12.5. The van der Waals surface area contributed by atoms with Crippen molar-refractivity contribution in [1.82, 2.24) is 9.55 Å². The van der Waals surface area contributed by atoms with Crippen LogP contribution in [0.2, 0.25) is 0 Å². The largest absolute Gasteiger partial charge is 0.321 e. The Morgan fingerprint density at radius 2 is 1.86 bits per heavy atom. The van der Waals surface area contributed by atoms with E-state index in [1.165, 1.54) is 5.56 Å². The molecule has 0 saturated carbocycles. The van der Waals surface area contributed by atoms with E-state index in [1.807, 2.05) is 29.7 Å². The molecule has 2 rings (SSSR count). The molecule has 1 aromatic heterocycles. The van der Waals surface area contributed by atoms with Gasteiger partial charge >= 0.3 is 0 Å². The fraction of sp³-hybridized carbons (Fsp3) is 0.444. The molecule has 0 fully saturated rings. The minimum Gasteiger partial charge on any atom is -0.321 e. The summed E-state index contributed by atoms with van der Waals surface area (Å²) in [5, 5.41) is 0. The van der Waals surface area contributed by atoms with E-state index in [-0.39, 0.29) is 11.2 Å². The Morgan fingerprint density at radius 3 is 2.48 bits per heavy atom. The summed E-state index contributed by atoms with van der Waals surface area (Å²) >= 11 is 0. The summed E-state index contributed by atoms with van der Waals surface area (Å²) in [6, 6.07) is 10.2. The predicted octanol–water partition coefficient (Wildman–Crippen LogP) is 4.25. The first-order chi connectivity index (χ1) is 9.87. The van der Waals surface area contributed by atoms with Gasteiger partial charge in [-0.3, -0.25) is 4.79 Å². The summed E-state index contributed by atoms with van der Waals surface area (Å²) < 4.78 is 2.01. The van der Waals surface area contributed by atoms with Gasteiger partial charge in [0.2, 0.25) is 0 Å². The maximum Gasteiger partial charge on any atom is 0.180 e. The molecule has 3 heteroatoms. The van der Waals surface area contributed by atoms with Crippen molar-refractivity contribution in [2.75, 3.05) is 0 Å². The van der Waals surface area contributed by atoms with E-state index in [0.717, 1.165) is 17.9 Å². The van der Waals surface area contributed by atoms with Crippen molar-refractivity contribution in [3.63, 3.8) is 0 Å². The van der Waals surface area contributed by atoms with Gasteiger partial charge in [-0.2, -0.15) is 0 Å². The molecule has 112 valence electrons. The van der Waals surface area contributed by atoms with E-state index in [9.17, 15) is 4.79 Å². The fourth-order valence-electron chi connectivity index (χ4n) is 2.27. The highest BCUT2D eigenvalue weighted by Gasteiger charge is 2.18. The second-order valence-electron chi connectivity index (χ2n) is 6.75. The molecule has 3 nitrogen and oxygen atoms in total. The zero-order chi connectivity index (χ0) is 15.5. The number of imidazole rings is 1. The van der Waals surface area contributed by atoms with Gasteiger partial charge in [0.25, 0.3) is 0 Å². The van der Waals surface area contributed by atoms with E-state index < -0.39 is 0 Å². The van der Waals surface area contributed by atoms with Crippen molar-refractivity contribution in [2.45, 2.75) is 47.1 Å². The highest BCUT2D eigenvalue weighted by molar-refractivity contribution is 5.94. The second kappa shape index (κ2) is 6.25. The number of hydrogen-bond acceptors (Lipinski definition) is 2. The van der Waals surface area contributed by atoms with Gasteiger partial charge in [0.05, 0.1) is 6.20 Å². The predicted molar refractivity (Wildman–Crippen MR) is 85.5 cm³/mol.